The fraction of sp³-hybridized carbons (Fsp3) is 0.370. The highest BCUT2D eigenvalue weighted by molar-refractivity contribution is 5.80. The Kier molecular flexibility index (Phi) is 6.81. The highest BCUT2D eigenvalue weighted by Gasteiger charge is 2.36. The van der Waals surface area contributed by atoms with E-state index >= 15 is 0 Å². The van der Waals surface area contributed by atoms with Gasteiger partial charge in [0.25, 0.3) is 0 Å². The summed E-state index contributed by atoms with van der Waals surface area (Å²) >= 11 is 0. The van der Waals surface area contributed by atoms with Gasteiger partial charge in [-0.25, -0.2) is 4.79 Å². The van der Waals surface area contributed by atoms with Crippen LogP contribution in [0.4, 0.5) is 4.79 Å². The van der Waals surface area contributed by atoms with E-state index in [1.54, 1.807) is 0 Å². The van der Waals surface area contributed by atoms with Crippen molar-refractivity contribution >= 4 is 12.2 Å². The van der Waals surface area contributed by atoms with E-state index in [-0.39, 0.29) is 12.1 Å². The lowest BCUT2D eigenvalue weighted by molar-refractivity contribution is 0.0198. The van der Waals surface area contributed by atoms with Gasteiger partial charge in [-0.2, -0.15) is 5.10 Å². The number of aromatic nitrogens is 1. The third-order valence-corrected chi connectivity index (χ3v) is 6.72. The average molecular weight is 473 g/mol. The van der Waals surface area contributed by atoms with Crippen LogP contribution in [0.25, 0.3) is 0 Å². The van der Waals surface area contributed by atoms with Crippen LogP contribution < -0.4 is 0 Å². The summed E-state index contributed by atoms with van der Waals surface area (Å²) in [5, 5.41) is 10.7. The minimum atomic E-state index is -0.0826. The number of amides is 2. The van der Waals surface area contributed by atoms with Gasteiger partial charge in [-0.05, 0) is 31.4 Å². The molecule has 1 unspecified atom stereocenters. The number of rotatable bonds is 8. The van der Waals surface area contributed by atoms with Crippen LogP contribution in [-0.2, 0) is 19.5 Å². The summed E-state index contributed by atoms with van der Waals surface area (Å²) in [4.78, 5) is 19.8. The average Bonchev–Trinajstić information content (AvgIpc) is 3.47. The molecule has 3 aromatic rings. The van der Waals surface area contributed by atoms with E-state index in [9.17, 15) is 4.79 Å². The van der Waals surface area contributed by atoms with Crippen LogP contribution in [0.3, 0.4) is 0 Å². The van der Waals surface area contributed by atoms with Crippen molar-refractivity contribution in [3.63, 3.8) is 0 Å². The maximum absolute atomic E-state index is 13.6. The normalized spacial score (nSPS) is 18.6. The Hall–Kier alpha value is -3.65. The van der Waals surface area contributed by atoms with Crippen molar-refractivity contribution in [2.75, 3.05) is 26.4 Å². The second-order valence-corrected chi connectivity index (χ2v) is 9.33. The lowest BCUT2D eigenvalue weighted by atomic mass is 10.1. The van der Waals surface area contributed by atoms with Crippen LogP contribution in [0, 0.1) is 13.8 Å². The number of aryl methyl sites for hydroxylation is 2. The standard InChI is InChI=1S/C27H32N6O2/c1-21-26(22(2)35-29-21)18-32-17-25(15-28-32)33-20-30(16-24-11-7-4-8-12-24)19-31(27(33)34)14-13-23-9-5-3-6-10-23/h3-12,15,25H,13-14,16-20H2,1-2H3. The van der Waals surface area contributed by atoms with E-state index < -0.39 is 0 Å². The fourth-order valence-corrected chi connectivity index (χ4v) is 4.74. The van der Waals surface area contributed by atoms with Crippen molar-refractivity contribution in [1.29, 1.82) is 0 Å². The van der Waals surface area contributed by atoms with E-state index in [0.717, 1.165) is 30.0 Å². The molecule has 8 nitrogen and oxygen atoms in total. The molecule has 8 heteroatoms. The summed E-state index contributed by atoms with van der Waals surface area (Å²) in [5.41, 5.74) is 4.42. The summed E-state index contributed by atoms with van der Waals surface area (Å²) in [5.74, 6) is 0.816. The van der Waals surface area contributed by atoms with Crippen molar-refractivity contribution in [2.45, 2.75) is 39.4 Å². The quantitative estimate of drug-likeness (QED) is 0.498. The van der Waals surface area contributed by atoms with E-state index in [1.165, 1.54) is 11.1 Å². The minimum absolute atomic E-state index is 0.0703. The van der Waals surface area contributed by atoms with Crippen molar-refractivity contribution in [1.82, 2.24) is 24.9 Å². The van der Waals surface area contributed by atoms with Gasteiger partial charge in [0, 0.05) is 24.9 Å². The molecule has 0 spiro atoms. The Balaban J connectivity index is 1.29. The number of carbonyl (C=O) groups is 1. The van der Waals surface area contributed by atoms with Gasteiger partial charge >= 0.3 is 6.03 Å². The molecule has 0 N–H and O–H groups in total. The van der Waals surface area contributed by atoms with Crippen molar-refractivity contribution < 1.29 is 9.32 Å². The van der Waals surface area contributed by atoms with E-state index in [0.29, 0.717) is 33.0 Å². The third kappa shape index (κ3) is 5.38. The van der Waals surface area contributed by atoms with Crippen LogP contribution in [0.5, 0.6) is 0 Å². The van der Waals surface area contributed by atoms with Gasteiger partial charge in [-0.3, -0.25) is 9.91 Å². The zero-order chi connectivity index (χ0) is 24.2. The van der Waals surface area contributed by atoms with Crippen LogP contribution in [0.2, 0.25) is 0 Å². The molecule has 35 heavy (non-hydrogen) atoms. The number of urea groups is 1. The van der Waals surface area contributed by atoms with Gasteiger partial charge in [0.1, 0.15) is 5.76 Å². The molecule has 1 aromatic heterocycles. The van der Waals surface area contributed by atoms with Gasteiger partial charge in [-0.15, -0.1) is 0 Å². The number of hydrogen-bond acceptors (Lipinski definition) is 6. The molecule has 5 rings (SSSR count). The van der Waals surface area contributed by atoms with Gasteiger partial charge in [0.2, 0.25) is 0 Å². The first-order chi connectivity index (χ1) is 17.1. The van der Waals surface area contributed by atoms with Crippen molar-refractivity contribution in [3.8, 4) is 0 Å². The number of benzene rings is 2. The predicted molar refractivity (Wildman–Crippen MR) is 134 cm³/mol. The Morgan fingerprint density at radius 2 is 1.66 bits per heavy atom. The van der Waals surface area contributed by atoms with E-state index in [1.807, 2.05) is 59.1 Å². The summed E-state index contributed by atoms with van der Waals surface area (Å²) in [7, 11) is 0. The largest absolute Gasteiger partial charge is 0.361 e. The SMILES string of the molecule is Cc1noc(C)c1CN1CC(N2CN(Cc3ccccc3)CN(CCc3ccccc3)C2=O)C=N1. The Morgan fingerprint density at radius 1 is 0.943 bits per heavy atom. The molecule has 1 atom stereocenters. The van der Waals surface area contributed by atoms with Crippen LogP contribution in [0.15, 0.2) is 70.3 Å². The second kappa shape index (κ2) is 10.3. The van der Waals surface area contributed by atoms with Crippen molar-refractivity contribution in [2.24, 2.45) is 5.10 Å². The molecule has 0 bridgehead atoms. The smallest absolute Gasteiger partial charge is 0.322 e. The molecular weight excluding hydrogens is 440 g/mol. The third-order valence-electron chi connectivity index (χ3n) is 6.72. The molecule has 2 aliphatic rings. The molecular formula is C27H32N6O2. The molecule has 2 aromatic carbocycles. The molecule has 2 aliphatic heterocycles. The monoisotopic (exact) mass is 472 g/mol. The molecule has 1 fully saturated rings. The minimum Gasteiger partial charge on any atom is -0.361 e. The first-order valence-electron chi connectivity index (χ1n) is 12.1. The maximum Gasteiger partial charge on any atom is 0.322 e. The number of hydrazone groups is 1. The lowest BCUT2D eigenvalue weighted by Gasteiger charge is -2.44. The predicted octanol–water partition coefficient (Wildman–Crippen LogP) is 3.86. The van der Waals surface area contributed by atoms with E-state index in [4.69, 9.17) is 4.52 Å². The zero-order valence-electron chi connectivity index (χ0n) is 20.4. The summed E-state index contributed by atoms with van der Waals surface area (Å²) in [6, 6.07) is 20.8. The Bertz CT molecular complexity index is 1140. The number of nitrogens with zero attached hydrogens (tertiary/aromatic N) is 6. The highest BCUT2D eigenvalue weighted by atomic mass is 16.5. The summed E-state index contributed by atoms with van der Waals surface area (Å²) in [6.45, 7) is 7.81. The Morgan fingerprint density at radius 3 is 2.34 bits per heavy atom. The van der Waals surface area contributed by atoms with Gasteiger partial charge < -0.3 is 14.3 Å². The Labute approximate surface area is 206 Å². The van der Waals surface area contributed by atoms with Crippen molar-refractivity contribution in [3.05, 3.63) is 88.8 Å². The van der Waals surface area contributed by atoms with Crippen LogP contribution in [0.1, 0.15) is 28.1 Å². The zero-order valence-corrected chi connectivity index (χ0v) is 20.4. The van der Waals surface area contributed by atoms with Gasteiger partial charge in [-0.1, -0.05) is 65.8 Å². The molecule has 0 radical (unpaired) electrons. The summed E-state index contributed by atoms with van der Waals surface area (Å²) < 4.78 is 5.31. The second-order valence-electron chi connectivity index (χ2n) is 9.33. The first-order valence-corrected chi connectivity index (χ1v) is 12.1. The topological polar surface area (TPSA) is 68.4 Å². The molecule has 0 aliphatic carbocycles. The highest BCUT2D eigenvalue weighted by Crippen LogP contribution is 2.22. The van der Waals surface area contributed by atoms with Crippen LogP contribution in [-0.4, -0.2) is 69.6 Å². The maximum atomic E-state index is 13.6. The van der Waals surface area contributed by atoms with Gasteiger partial charge in [0.05, 0.1) is 38.2 Å². The molecule has 2 amide bonds. The number of hydrogen-bond donors (Lipinski definition) is 0. The summed E-state index contributed by atoms with van der Waals surface area (Å²) in [6.07, 6.45) is 2.73. The fourth-order valence-electron chi connectivity index (χ4n) is 4.74. The van der Waals surface area contributed by atoms with E-state index in [2.05, 4.69) is 51.6 Å². The molecule has 3 heterocycles. The lowest BCUT2D eigenvalue weighted by Crippen LogP contribution is -2.61. The van der Waals surface area contributed by atoms with Gasteiger partial charge in [0.15, 0.2) is 0 Å². The molecule has 0 saturated carbocycles. The molecule has 1 saturated heterocycles. The number of carbonyl (C=O) groups excluding carboxylic acids is 1. The van der Waals surface area contributed by atoms with Crippen LogP contribution >= 0.6 is 0 Å². The first kappa shape index (κ1) is 23.1. The molecule has 182 valence electrons.